The van der Waals surface area contributed by atoms with Crippen LogP contribution in [0.25, 0.3) is 0 Å². The van der Waals surface area contributed by atoms with E-state index in [1.54, 1.807) is 11.8 Å². The third-order valence-corrected chi connectivity index (χ3v) is 2.45. The lowest BCUT2D eigenvalue weighted by Gasteiger charge is -2.04. The molecule has 0 fully saturated rings. The second-order valence-electron chi connectivity index (χ2n) is 3.16. The fraction of sp³-hybridized carbons (Fsp3) is 0.364. The van der Waals surface area contributed by atoms with Crippen molar-refractivity contribution in [1.82, 2.24) is 0 Å². The molecule has 0 aliphatic carbocycles. The predicted octanol–water partition coefficient (Wildman–Crippen LogP) is 2.69. The number of aryl methyl sites for hydroxylation is 1. The standard InChI is InChI=1S/C11H15NOS/c1-9-4-3-5-10(8-9)12-11(13)6-7-14-2/h3-5,8H,6-7H2,1-2H3,(H,12,13). The summed E-state index contributed by atoms with van der Waals surface area (Å²) < 4.78 is 0. The van der Waals surface area contributed by atoms with Gasteiger partial charge < -0.3 is 5.32 Å². The zero-order valence-electron chi connectivity index (χ0n) is 8.54. The van der Waals surface area contributed by atoms with Gasteiger partial charge in [0.2, 0.25) is 5.91 Å². The van der Waals surface area contributed by atoms with Gasteiger partial charge in [0.1, 0.15) is 0 Å². The van der Waals surface area contributed by atoms with Crippen LogP contribution in [-0.4, -0.2) is 17.9 Å². The smallest absolute Gasteiger partial charge is 0.225 e. The summed E-state index contributed by atoms with van der Waals surface area (Å²) >= 11 is 1.68. The van der Waals surface area contributed by atoms with Crippen LogP contribution in [0.15, 0.2) is 24.3 Å². The maximum atomic E-state index is 11.4. The second-order valence-corrected chi connectivity index (χ2v) is 4.15. The number of rotatable bonds is 4. The third-order valence-electron chi connectivity index (χ3n) is 1.84. The van der Waals surface area contributed by atoms with Gasteiger partial charge in [0, 0.05) is 17.9 Å². The Hall–Kier alpha value is -0.960. The molecular formula is C11H15NOS. The van der Waals surface area contributed by atoms with E-state index in [-0.39, 0.29) is 5.91 Å². The first-order chi connectivity index (χ1) is 6.72. The summed E-state index contributed by atoms with van der Waals surface area (Å²) in [7, 11) is 0. The number of thioether (sulfide) groups is 1. The lowest BCUT2D eigenvalue weighted by molar-refractivity contribution is -0.115. The summed E-state index contributed by atoms with van der Waals surface area (Å²) in [5.41, 5.74) is 2.05. The molecule has 2 nitrogen and oxygen atoms in total. The lowest BCUT2D eigenvalue weighted by atomic mass is 10.2. The van der Waals surface area contributed by atoms with Crippen molar-refractivity contribution in [3.63, 3.8) is 0 Å². The molecule has 0 radical (unpaired) electrons. The molecule has 0 unspecified atom stereocenters. The van der Waals surface area contributed by atoms with Crippen molar-refractivity contribution in [2.24, 2.45) is 0 Å². The number of carbonyl (C=O) groups excluding carboxylic acids is 1. The maximum absolute atomic E-state index is 11.4. The van der Waals surface area contributed by atoms with Crippen LogP contribution < -0.4 is 5.32 Å². The summed E-state index contributed by atoms with van der Waals surface area (Å²) in [6.07, 6.45) is 2.58. The normalized spacial score (nSPS) is 9.86. The van der Waals surface area contributed by atoms with Crippen LogP contribution in [0.2, 0.25) is 0 Å². The summed E-state index contributed by atoms with van der Waals surface area (Å²) in [5.74, 6) is 0.961. The number of benzene rings is 1. The van der Waals surface area contributed by atoms with Crippen molar-refractivity contribution >= 4 is 23.4 Å². The highest BCUT2D eigenvalue weighted by Crippen LogP contribution is 2.10. The largest absolute Gasteiger partial charge is 0.326 e. The zero-order chi connectivity index (χ0) is 10.4. The minimum absolute atomic E-state index is 0.0879. The van der Waals surface area contributed by atoms with E-state index in [0.29, 0.717) is 6.42 Å². The maximum Gasteiger partial charge on any atom is 0.225 e. The molecule has 0 spiro atoms. The Morgan fingerprint density at radius 3 is 2.93 bits per heavy atom. The third kappa shape index (κ3) is 3.83. The molecular weight excluding hydrogens is 194 g/mol. The van der Waals surface area contributed by atoms with Crippen molar-refractivity contribution in [2.45, 2.75) is 13.3 Å². The van der Waals surface area contributed by atoms with Crippen molar-refractivity contribution < 1.29 is 4.79 Å². The van der Waals surface area contributed by atoms with Crippen molar-refractivity contribution in [1.29, 1.82) is 0 Å². The van der Waals surface area contributed by atoms with E-state index in [0.717, 1.165) is 17.0 Å². The van der Waals surface area contributed by atoms with Gasteiger partial charge in [-0.2, -0.15) is 11.8 Å². The minimum atomic E-state index is 0.0879. The van der Waals surface area contributed by atoms with Gasteiger partial charge in [-0.3, -0.25) is 4.79 Å². The average Bonchev–Trinajstić information content (AvgIpc) is 2.15. The Bertz CT molecular complexity index is 312. The molecule has 1 aromatic rings. The first kappa shape index (κ1) is 11.1. The topological polar surface area (TPSA) is 29.1 Å². The second kappa shape index (κ2) is 5.70. The fourth-order valence-corrected chi connectivity index (χ4v) is 1.53. The van der Waals surface area contributed by atoms with Gasteiger partial charge in [0.15, 0.2) is 0 Å². The van der Waals surface area contributed by atoms with E-state index < -0.39 is 0 Å². The minimum Gasteiger partial charge on any atom is -0.326 e. The van der Waals surface area contributed by atoms with E-state index in [2.05, 4.69) is 5.32 Å². The van der Waals surface area contributed by atoms with Gasteiger partial charge in [0.05, 0.1) is 0 Å². The fourth-order valence-electron chi connectivity index (χ4n) is 1.14. The Morgan fingerprint density at radius 1 is 1.50 bits per heavy atom. The quantitative estimate of drug-likeness (QED) is 0.826. The highest BCUT2D eigenvalue weighted by molar-refractivity contribution is 7.98. The molecule has 1 N–H and O–H groups in total. The summed E-state index contributed by atoms with van der Waals surface area (Å²) in [4.78, 5) is 11.4. The summed E-state index contributed by atoms with van der Waals surface area (Å²) in [6, 6.07) is 7.83. The van der Waals surface area contributed by atoms with Crippen molar-refractivity contribution in [3.8, 4) is 0 Å². The summed E-state index contributed by atoms with van der Waals surface area (Å²) in [5, 5.41) is 2.87. The van der Waals surface area contributed by atoms with E-state index >= 15 is 0 Å². The van der Waals surface area contributed by atoms with Crippen LogP contribution in [0.3, 0.4) is 0 Å². The van der Waals surface area contributed by atoms with Crippen LogP contribution in [-0.2, 0) is 4.79 Å². The molecule has 0 bridgehead atoms. The van der Waals surface area contributed by atoms with E-state index in [4.69, 9.17) is 0 Å². The molecule has 0 atom stereocenters. The first-order valence-electron chi connectivity index (χ1n) is 4.58. The Labute approximate surface area is 89.1 Å². The Kier molecular flexibility index (Phi) is 4.53. The highest BCUT2D eigenvalue weighted by atomic mass is 32.2. The molecule has 14 heavy (non-hydrogen) atoms. The molecule has 0 heterocycles. The SMILES string of the molecule is CSCCC(=O)Nc1cccc(C)c1. The number of hydrogen-bond donors (Lipinski definition) is 1. The van der Waals surface area contributed by atoms with Crippen molar-refractivity contribution in [2.75, 3.05) is 17.3 Å². The molecule has 1 aromatic carbocycles. The molecule has 1 amide bonds. The molecule has 0 aliphatic heterocycles. The molecule has 0 saturated carbocycles. The van der Waals surface area contributed by atoms with Crippen LogP contribution in [0, 0.1) is 6.92 Å². The number of hydrogen-bond acceptors (Lipinski definition) is 2. The average molecular weight is 209 g/mol. The predicted molar refractivity (Wildman–Crippen MR) is 62.8 cm³/mol. The van der Waals surface area contributed by atoms with Gasteiger partial charge in [-0.15, -0.1) is 0 Å². The number of amides is 1. The molecule has 0 saturated heterocycles. The van der Waals surface area contributed by atoms with Crippen LogP contribution in [0.5, 0.6) is 0 Å². The van der Waals surface area contributed by atoms with Crippen LogP contribution in [0.1, 0.15) is 12.0 Å². The molecule has 0 aliphatic rings. The summed E-state index contributed by atoms with van der Waals surface area (Å²) in [6.45, 7) is 2.01. The highest BCUT2D eigenvalue weighted by Gasteiger charge is 2.00. The molecule has 0 aromatic heterocycles. The number of nitrogens with one attached hydrogen (secondary N) is 1. The van der Waals surface area contributed by atoms with E-state index in [9.17, 15) is 4.79 Å². The van der Waals surface area contributed by atoms with E-state index in [1.807, 2.05) is 37.4 Å². The zero-order valence-corrected chi connectivity index (χ0v) is 9.36. The van der Waals surface area contributed by atoms with Gasteiger partial charge in [-0.1, -0.05) is 12.1 Å². The lowest BCUT2D eigenvalue weighted by Crippen LogP contribution is -2.11. The number of carbonyl (C=O) groups is 1. The van der Waals surface area contributed by atoms with Gasteiger partial charge in [0.25, 0.3) is 0 Å². The molecule has 1 rings (SSSR count). The van der Waals surface area contributed by atoms with Gasteiger partial charge in [-0.25, -0.2) is 0 Å². The number of anilines is 1. The van der Waals surface area contributed by atoms with Gasteiger partial charge in [-0.05, 0) is 30.9 Å². The van der Waals surface area contributed by atoms with Crippen LogP contribution in [0.4, 0.5) is 5.69 Å². The van der Waals surface area contributed by atoms with E-state index in [1.165, 1.54) is 0 Å². The monoisotopic (exact) mass is 209 g/mol. The first-order valence-corrected chi connectivity index (χ1v) is 5.97. The van der Waals surface area contributed by atoms with Crippen LogP contribution >= 0.6 is 11.8 Å². The Morgan fingerprint density at radius 2 is 2.29 bits per heavy atom. The van der Waals surface area contributed by atoms with Crippen molar-refractivity contribution in [3.05, 3.63) is 29.8 Å². The van der Waals surface area contributed by atoms with Gasteiger partial charge >= 0.3 is 0 Å². The molecule has 76 valence electrons. The Balaban J connectivity index is 2.47. The molecule has 3 heteroatoms.